The van der Waals surface area contributed by atoms with Gasteiger partial charge in [-0.3, -0.25) is 4.79 Å². The summed E-state index contributed by atoms with van der Waals surface area (Å²) in [5.41, 5.74) is 1.11. The minimum absolute atomic E-state index is 0. The molecule has 1 fully saturated rings. The highest BCUT2D eigenvalue weighted by Crippen LogP contribution is 2.15. The number of pyridine rings is 1. The number of hydrogen-bond donors (Lipinski definition) is 2. The Labute approximate surface area is 130 Å². The van der Waals surface area contributed by atoms with Crippen LogP contribution in [-0.2, 0) is 4.79 Å². The van der Waals surface area contributed by atoms with Crippen LogP contribution in [0.5, 0.6) is 0 Å². The van der Waals surface area contributed by atoms with Gasteiger partial charge >= 0.3 is 0 Å². The first-order chi connectivity index (χ1) is 9.29. The van der Waals surface area contributed by atoms with E-state index in [1.807, 2.05) is 24.6 Å². The van der Waals surface area contributed by atoms with Crippen molar-refractivity contribution in [1.29, 1.82) is 0 Å². The summed E-state index contributed by atoms with van der Waals surface area (Å²) in [4.78, 5) is 18.2. The standard InChI is InChI=1S/C13H20N4OS.ClH/c1-19-9-4-13(18)16-12-3-2-11(10-15-12)17-7-5-14-6-8-17;/h2-3,10,14H,4-9H2,1H3,(H,15,16,18);1H. The molecule has 0 saturated carbocycles. The Morgan fingerprint density at radius 3 is 2.80 bits per heavy atom. The molecule has 5 nitrogen and oxygen atoms in total. The topological polar surface area (TPSA) is 57.3 Å². The number of anilines is 2. The monoisotopic (exact) mass is 316 g/mol. The Morgan fingerprint density at radius 2 is 2.20 bits per heavy atom. The van der Waals surface area contributed by atoms with Gasteiger partial charge in [-0.1, -0.05) is 0 Å². The highest BCUT2D eigenvalue weighted by molar-refractivity contribution is 7.98. The number of piperazine rings is 1. The summed E-state index contributed by atoms with van der Waals surface area (Å²) < 4.78 is 0. The van der Waals surface area contributed by atoms with Gasteiger partial charge in [-0.15, -0.1) is 12.4 Å². The van der Waals surface area contributed by atoms with E-state index in [2.05, 4.69) is 20.5 Å². The number of carbonyl (C=O) groups excluding carboxylic acids is 1. The number of hydrogen-bond acceptors (Lipinski definition) is 5. The molecule has 2 rings (SSSR count). The Morgan fingerprint density at radius 1 is 1.45 bits per heavy atom. The van der Waals surface area contributed by atoms with Crippen LogP contribution in [0.2, 0.25) is 0 Å². The lowest BCUT2D eigenvalue weighted by atomic mass is 10.3. The Balaban J connectivity index is 0.00000200. The van der Waals surface area contributed by atoms with E-state index in [4.69, 9.17) is 0 Å². The largest absolute Gasteiger partial charge is 0.368 e. The van der Waals surface area contributed by atoms with E-state index >= 15 is 0 Å². The quantitative estimate of drug-likeness (QED) is 0.864. The molecule has 1 amide bonds. The van der Waals surface area contributed by atoms with Gasteiger partial charge in [0.25, 0.3) is 0 Å². The fraction of sp³-hybridized carbons (Fsp3) is 0.538. The minimum Gasteiger partial charge on any atom is -0.368 e. The van der Waals surface area contributed by atoms with Gasteiger partial charge in [0.2, 0.25) is 5.91 Å². The SMILES string of the molecule is CSCCC(=O)Nc1ccc(N2CCNCC2)cn1.Cl. The van der Waals surface area contributed by atoms with Crippen LogP contribution in [-0.4, -0.2) is 49.1 Å². The normalized spacial score (nSPS) is 14.6. The molecule has 1 aromatic rings. The molecule has 1 saturated heterocycles. The Kier molecular flexibility index (Phi) is 7.72. The molecule has 0 unspecified atom stereocenters. The zero-order valence-corrected chi connectivity index (χ0v) is 13.2. The lowest BCUT2D eigenvalue weighted by Crippen LogP contribution is -2.43. The summed E-state index contributed by atoms with van der Waals surface area (Å²) in [5, 5.41) is 6.13. The van der Waals surface area contributed by atoms with E-state index in [9.17, 15) is 4.79 Å². The van der Waals surface area contributed by atoms with E-state index in [0.717, 1.165) is 37.6 Å². The average Bonchev–Trinajstić information content (AvgIpc) is 2.47. The van der Waals surface area contributed by atoms with Crippen LogP contribution in [0, 0.1) is 0 Å². The number of carbonyl (C=O) groups is 1. The maximum Gasteiger partial charge on any atom is 0.226 e. The van der Waals surface area contributed by atoms with Crippen LogP contribution >= 0.6 is 24.2 Å². The molecular weight excluding hydrogens is 296 g/mol. The molecular formula is C13H21ClN4OS. The fourth-order valence-electron chi connectivity index (χ4n) is 1.97. The number of nitrogens with one attached hydrogen (secondary N) is 2. The molecule has 1 aromatic heterocycles. The van der Waals surface area contributed by atoms with Crippen molar-refractivity contribution in [3.05, 3.63) is 18.3 Å². The van der Waals surface area contributed by atoms with Crippen LogP contribution in [0.25, 0.3) is 0 Å². The van der Waals surface area contributed by atoms with Crippen LogP contribution in [0.3, 0.4) is 0 Å². The van der Waals surface area contributed by atoms with Gasteiger partial charge in [-0.2, -0.15) is 11.8 Å². The smallest absolute Gasteiger partial charge is 0.226 e. The number of halogens is 1. The third kappa shape index (κ3) is 5.19. The molecule has 2 heterocycles. The van der Waals surface area contributed by atoms with Gasteiger partial charge in [0, 0.05) is 38.4 Å². The summed E-state index contributed by atoms with van der Waals surface area (Å²) in [6, 6.07) is 3.89. The van der Waals surface area contributed by atoms with Crippen molar-refractivity contribution in [2.75, 3.05) is 48.4 Å². The van der Waals surface area contributed by atoms with Gasteiger partial charge in [-0.05, 0) is 18.4 Å². The van der Waals surface area contributed by atoms with Crippen molar-refractivity contribution in [2.24, 2.45) is 0 Å². The van der Waals surface area contributed by atoms with Crippen molar-refractivity contribution in [1.82, 2.24) is 10.3 Å². The second-order valence-electron chi connectivity index (χ2n) is 4.43. The molecule has 20 heavy (non-hydrogen) atoms. The molecule has 1 aliphatic rings. The van der Waals surface area contributed by atoms with Crippen LogP contribution in [0.4, 0.5) is 11.5 Å². The lowest BCUT2D eigenvalue weighted by molar-refractivity contribution is -0.115. The maximum atomic E-state index is 11.6. The molecule has 0 radical (unpaired) electrons. The van der Waals surface area contributed by atoms with Crippen molar-refractivity contribution < 1.29 is 4.79 Å². The lowest BCUT2D eigenvalue weighted by Gasteiger charge is -2.29. The molecule has 0 spiro atoms. The highest BCUT2D eigenvalue weighted by Gasteiger charge is 2.10. The predicted molar refractivity (Wildman–Crippen MR) is 88.2 cm³/mol. The second-order valence-corrected chi connectivity index (χ2v) is 5.42. The fourth-order valence-corrected chi connectivity index (χ4v) is 2.36. The number of nitrogens with zero attached hydrogens (tertiary/aromatic N) is 2. The maximum absolute atomic E-state index is 11.6. The van der Waals surface area contributed by atoms with Gasteiger partial charge in [0.15, 0.2) is 0 Å². The highest BCUT2D eigenvalue weighted by atomic mass is 35.5. The molecule has 2 N–H and O–H groups in total. The molecule has 112 valence electrons. The average molecular weight is 317 g/mol. The molecule has 0 atom stereocenters. The summed E-state index contributed by atoms with van der Waals surface area (Å²) >= 11 is 1.67. The summed E-state index contributed by atoms with van der Waals surface area (Å²) in [5.74, 6) is 1.49. The van der Waals surface area contributed by atoms with Crippen molar-refractivity contribution in [3.8, 4) is 0 Å². The molecule has 0 aromatic carbocycles. The molecule has 0 aliphatic carbocycles. The van der Waals surface area contributed by atoms with Crippen molar-refractivity contribution in [2.45, 2.75) is 6.42 Å². The molecule has 0 bridgehead atoms. The van der Waals surface area contributed by atoms with E-state index in [1.165, 1.54) is 0 Å². The van der Waals surface area contributed by atoms with Gasteiger partial charge in [0.05, 0.1) is 11.9 Å². The van der Waals surface area contributed by atoms with E-state index in [-0.39, 0.29) is 18.3 Å². The first-order valence-electron chi connectivity index (χ1n) is 6.50. The first kappa shape index (κ1) is 17.1. The van der Waals surface area contributed by atoms with Crippen LogP contribution in [0.15, 0.2) is 18.3 Å². The van der Waals surface area contributed by atoms with Gasteiger partial charge in [0.1, 0.15) is 5.82 Å². The number of aromatic nitrogens is 1. The zero-order chi connectivity index (χ0) is 13.5. The Hall–Kier alpha value is -0.980. The number of thioether (sulfide) groups is 1. The van der Waals surface area contributed by atoms with E-state index in [0.29, 0.717) is 12.2 Å². The van der Waals surface area contributed by atoms with Gasteiger partial charge in [-0.25, -0.2) is 4.98 Å². The summed E-state index contributed by atoms with van der Waals surface area (Å²) in [7, 11) is 0. The minimum atomic E-state index is 0. The predicted octanol–water partition coefficient (Wildman–Crippen LogP) is 1.60. The summed E-state index contributed by atoms with van der Waals surface area (Å²) in [6.45, 7) is 4.02. The van der Waals surface area contributed by atoms with Crippen molar-refractivity contribution in [3.63, 3.8) is 0 Å². The van der Waals surface area contributed by atoms with E-state index < -0.39 is 0 Å². The van der Waals surface area contributed by atoms with Crippen molar-refractivity contribution >= 4 is 41.6 Å². The van der Waals surface area contributed by atoms with E-state index in [1.54, 1.807) is 11.8 Å². The number of rotatable bonds is 5. The molecule has 7 heteroatoms. The zero-order valence-electron chi connectivity index (χ0n) is 11.6. The molecule has 1 aliphatic heterocycles. The Bertz CT molecular complexity index is 409. The first-order valence-corrected chi connectivity index (χ1v) is 7.89. The van der Waals surface area contributed by atoms with Crippen LogP contribution < -0.4 is 15.5 Å². The van der Waals surface area contributed by atoms with Gasteiger partial charge < -0.3 is 15.5 Å². The third-order valence-corrected chi connectivity index (χ3v) is 3.64. The third-order valence-electron chi connectivity index (χ3n) is 3.03. The number of amides is 1. The summed E-state index contributed by atoms with van der Waals surface area (Å²) in [6.07, 6.45) is 4.35. The van der Waals surface area contributed by atoms with Crippen LogP contribution in [0.1, 0.15) is 6.42 Å². The second kappa shape index (κ2) is 9.05.